The average molecular weight is 338 g/mol. The largest absolute Gasteiger partial charge is 0.331 e. The summed E-state index contributed by atoms with van der Waals surface area (Å²) in [6.07, 6.45) is 5.78. The first-order chi connectivity index (χ1) is 12.2. The number of hydrogen-bond donors (Lipinski definition) is 0. The standard InChI is InChI=1S/C20H26N4O/c1-3-23-14-16(12-21-23)13-22-10-9-18-19(22)11-20(25)24(18)15(2)17-7-5-4-6-8-17/h4-8,12,14-15,18-19H,3,9-11,13H2,1-2H3/t15?,18-,19-/m0/s1. The van der Waals surface area contributed by atoms with E-state index < -0.39 is 0 Å². The minimum absolute atomic E-state index is 0.145. The van der Waals surface area contributed by atoms with Crippen LogP contribution in [0.5, 0.6) is 0 Å². The van der Waals surface area contributed by atoms with E-state index in [4.69, 9.17) is 0 Å². The second kappa shape index (κ2) is 6.64. The number of likely N-dealkylation sites (tertiary alicyclic amines) is 2. The average Bonchev–Trinajstić information content (AvgIpc) is 3.32. The molecule has 0 radical (unpaired) electrons. The van der Waals surface area contributed by atoms with Gasteiger partial charge >= 0.3 is 0 Å². The molecule has 1 amide bonds. The molecule has 5 heteroatoms. The number of fused-ring (bicyclic) bond motifs is 1. The molecule has 2 aromatic rings. The zero-order valence-electron chi connectivity index (χ0n) is 15.0. The van der Waals surface area contributed by atoms with Crippen molar-refractivity contribution in [3.63, 3.8) is 0 Å². The van der Waals surface area contributed by atoms with Gasteiger partial charge in [0.25, 0.3) is 0 Å². The van der Waals surface area contributed by atoms with Crippen LogP contribution in [-0.2, 0) is 17.9 Å². The molecule has 132 valence electrons. The molecule has 1 unspecified atom stereocenters. The molecule has 3 heterocycles. The van der Waals surface area contributed by atoms with Crippen LogP contribution in [0.1, 0.15) is 43.9 Å². The van der Waals surface area contributed by atoms with E-state index in [0.29, 0.717) is 24.4 Å². The Morgan fingerprint density at radius 2 is 2.04 bits per heavy atom. The molecule has 0 bridgehead atoms. The predicted octanol–water partition coefficient (Wildman–Crippen LogP) is 2.84. The van der Waals surface area contributed by atoms with Gasteiger partial charge in [0, 0.05) is 49.9 Å². The molecular weight excluding hydrogens is 312 g/mol. The maximum absolute atomic E-state index is 12.7. The number of hydrogen-bond acceptors (Lipinski definition) is 3. The maximum atomic E-state index is 12.7. The van der Waals surface area contributed by atoms with Crippen LogP contribution in [0.2, 0.25) is 0 Å². The molecule has 2 fully saturated rings. The molecule has 25 heavy (non-hydrogen) atoms. The van der Waals surface area contributed by atoms with Crippen molar-refractivity contribution < 1.29 is 4.79 Å². The zero-order chi connectivity index (χ0) is 17.4. The van der Waals surface area contributed by atoms with Crippen LogP contribution < -0.4 is 0 Å². The lowest BCUT2D eigenvalue weighted by Gasteiger charge is -2.31. The van der Waals surface area contributed by atoms with Crippen LogP contribution in [-0.4, -0.2) is 44.1 Å². The summed E-state index contributed by atoms with van der Waals surface area (Å²) < 4.78 is 1.96. The lowest BCUT2D eigenvalue weighted by Crippen LogP contribution is -2.38. The molecule has 2 aliphatic heterocycles. The van der Waals surface area contributed by atoms with Crippen molar-refractivity contribution in [2.75, 3.05) is 6.54 Å². The van der Waals surface area contributed by atoms with Gasteiger partial charge in [-0.2, -0.15) is 5.10 Å². The van der Waals surface area contributed by atoms with E-state index in [9.17, 15) is 4.79 Å². The summed E-state index contributed by atoms with van der Waals surface area (Å²) in [6.45, 7) is 7.09. The van der Waals surface area contributed by atoms with Crippen molar-refractivity contribution in [1.82, 2.24) is 19.6 Å². The summed E-state index contributed by atoms with van der Waals surface area (Å²) in [6, 6.07) is 11.2. The molecule has 2 saturated heterocycles. The minimum atomic E-state index is 0.145. The van der Waals surface area contributed by atoms with Gasteiger partial charge in [0.1, 0.15) is 0 Å². The van der Waals surface area contributed by atoms with Crippen molar-refractivity contribution in [3.05, 3.63) is 53.9 Å². The number of aryl methyl sites for hydroxylation is 1. The second-order valence-electron chi connectivity index (χ2n) is 7.19. The summed E-state index contributed by atoms with van der Waals surface area (Å²) in [4.78, 5) is 17.3. The highest BCUT2D eigenvalue weighted by Gasteiger charge is 2.48. The summed E-state index contributed by atoms with van der Waals surface area (Å²) in [7, 11) is 0. The predicted molar refractivity (Wildman–Crippen MR) is 96.8 cm³/mol. The molecule has 0 N–H and O–H groups in total. The van der Waals surface area contributed by atoms with Crippen LogP contribution in [0.25, 0.3) is 0 Å². The Balaban J connectivity index is 1.49. The van der Waals surface area contributed by atoms with Crippen LogP contribution in [0, 0.1) is 0 Å². The van der Waals surface area contributed by atoms with Crippen molar-refractivity contribution in [1.29, 1.82) is 0 Å². The zero-order valence-corrected chi connectivity index (χ0v) is 15.0. The molecule has 1 aromatic heterocycles. The molecule has 0 aliphatic carbocycles. The lowest BCUT2D eigenvalue weighted by molar-refractivity contribution is -0.131. The topological polar surface area (TPSA) is 41.4 Å². The molecule has 5 nitrogen and oxygen atoms in total. The Morgan fingerprint density at radius 3 is 2.76 bits per heavy atom. The summed E-state index contributed by atoms with van der Waals surface area (Å²) in [5, 5.41) is 4.37. The lowest BCUT2D eigenvalue weighted by atomic mass is 10.0. The maximum Gasteiger partial charge on any atom is 0.225 e. The first kappa shape index (κ1) is 16.3. The van der Waals surface area contributed by atoms with E-state index in [0.717, 1.165) is 26.1 Å². The number of amides is 1. The summed E-state index contributed by atoms with van der Waals surface area (Å²) in [5.41, 5.74) is 2.46. The second-order valence-corrected chi connectivity index (χ2v) is 7.19. The fourth-order valence-electron chi connectivity index (χ4n) is 4.45. The Labute approximate surface area is 149 Å². The summed E-state index contributed by atoms with van der Waals surface area (Å²) in [5.74, 6) is 0.292. The highest BCUT2D eigenvalue weighted by atomic mass is 16.2. The van der Waals surface area contributed by atoms with Crippen molar-refractivity contribution in [2.45, 2.75) is 57.9 Å². The van der Waals surface area contributed by atoms with Gasteiger partial charge in [0.15, 0.2) is 0 Å². The molecular formula is C20H26N4O. The Bertz CT molecular complexity index is 741. The normalized spacial score (nSPS) is 24.7. The van der Waals surface area contributed by atoms with Gasteiger partial charge in [0.05, 0.1) is 12.2 Å². The monoisotopic (exact) mass is 338 g/mol. The number of nitrogens with zero attached hydrogens (tertiary/aromatic N) is 4. The highest BCUT2D eigenvalue weighted by Crippen LogP contribution is 2.38. The van der Waals surface area contributed by atoms with Gasteiger partial charge in [-0.25, -0.2) is 0 Å². The summed E-state index contributed by atoms with van der Waals surface area (Å²) >= 11 is 0. The van der Waals surface area contributed by atoms with Gasteiger partial charge < -0.3 is 4.90 Å². The van der Waals surface area contributed by atoms with E-state index in [2.05, 4.69) is 59.2 Å². The van der Waals surface area contributed by atoms with Crippen LogP contribution in [0.4, 0.5) is 0 Å². The van der Waals surface area contributed by atoms with Gasteiger partial charge in [-0.3, -0.25) is 14.4 Å². The quantitative estimate of drug-likeness (QED) is 0.842. The first-order valence-corrected chi connectivity index (χ1v) is 9.29. The van der Waals surface area contributed by atoms with Crippen LogP contribution in [0.15, 0.2) is 42.7 Å². The van der Waals surface area contributed by atoms with E-state index in [-0.39, 0.29) is 6.04 Å². The van der Waals surface area contributed by atoms with Gasteiger partial charge in [-0.1, -0.05) is 30.3 Å². The molecule has 1 aromatic carbocycles. The Kier molecular flexibility index (Phi) is 4.34. The van der Waals surface area contributed by atoms with Crippen molar-refractivity contribution in [2.24, 2.45) is 0 Å². The van der Waals surface area contributed by atoms with Crippen molar-refractivity contribution in [3.8, 4) is 0 Å². The third kappa shape index (κ3) is 2.97. The Hall–Kier alpha value is -2.14. The van der Waals surface area contributed by atoms with Crippen LogP contribution >= 0.6 is 0 Å². The molecule has 0 spiro atoms. The fraction of sp³-hybridized carbons (Fsp3) is 0.500. The minimum Gasteiger partial charge on any atom is -0.331 e. The van der Waals surface area contributed by atoms with Gasteiger partial charge in [-0.15, -0.1) is 0 Å². The number of benzene rings is 1. The van der Waals surface area contributed by atoms with Gasteiger partial charge in [-0.05, 0) is 25.8 Å². The third-order valence-corrected chi connectivity index (χ3v) is 5.75. The Morgan fingerprint density at radius 1 is 1.24 bits per heavy atom. The van der Waals surface area contributed by atoms with Gasteiger partial charge in [0.2, 0.25) is 5.91 Å². The van der Waals surface area contributed by atoms with E-state index in [1.807, 2.05) is 16.9 Å². The third-order valence-electron chi connectivity index (χ3n) is 5.75. The van der Waals surface area contributed by atoms with Crippen LogP contribution in [0.3, 0.4) is 0 Å². The van der Waals surface area contributed by atoms with E-state index in [1.165, 1.54) is 11.1 Å². The number of carbonyl (C=O) groups is 1. The number of rotatable bonds is 5. The SMILES string of the molecule is CCn1cc(CN2CC[C@H]3[C@@H]2CC(=O)N3C(C)c2ccccc2)cn1. The van der Waals surface area contributed by atoms with E-state index >= 15 is 0 Å². The molecule has 3 atom stereocenters. The molecule has 2 aliphatic rings. The molecule has 4 rings (SSSR count). The molecule has 0 saturated carbocycles. The van der Waals surface area contributed by atoms with Crippen molar-refractivity contribution >= 4 is 5.91 Å². The number of aromatic nitrogens is 2. The smallest absolute Gasteiger partial charge is 0.225 e. The first-order valence-electron chi connectivity index (χ1n) is 9.29. The van der Waals surface area contributed by atoms with E-state index in [1.54, 1.807) is 0 Å². The fourth-order valence-corrected chi connectivity index (χ4v) is 4.45. The number of carbonyl (C=O) groups excluding carboxylic acids is 1. The highest BCUT2D eigenvalue weighted by molar-refractivity contribution is 5.80.